The average Bonchev–Trinajstić information content (AvgIpc) is 3.13. The van der Waals surface area contributed by atoms with Gasteiger partial charge < -0.3 is 15.0 Å². The van der Waals surface area contributed by atoms with E-state index >= 15 is 0 Å². The van der Waals surface area contributed by atoms with Crippen molar-refractivity contribution in [2.24, 2.45) is 5.92 Å². The number of carbonyl (C=O) groups excluding carboxylic acids is 1. The summed E-state index contributed by atoms with van der Waals surface area (Å²) >= 11 is 1.63. The van der Waals surface area contributed by atoms with E-state index in [2.05, 4.69) is 22.1 Å². The van der Waals surface area contributed by atoms with Gasteiger partial charge >= 0.3 is 0 Å². The predicted molar refractivity (Wildman–Crippen MR) is 115 cm³/mol. The zero-order valence-electron chi connectivity index (χ0n) is 17.1. The van der Waals surface area contributed by atoms with Crippen LogP contribution in [0.3, 0.4) is 0 Å². The zero-order valence-corrected chi connectivity index (χ0v) is 17.9. The van der Waals surface area contributed by atoms with Crippen molar-refractivity contribution >= 4 is 17.2 Å². The van der Waals surface area contributed by atoms with Crippen molar-refractivity contribution in [1.29, 1.82) is 0 Å². The third-order valence-electron chi connectivity index (χ3n) is 5.29. The Morgan fingerprint density at radius 2 is 2.14 bits per heavy atom. The number of hydrogen-bond acceptors (Lipinski definition) is 5. The Balaban J connectivity index is 1.49. The third kappa shape index (κ3) is 5.63. The van der Waals surface area contributed by atoms with Crippen LogP contribution in [0, 0.1) is 12.8 Å². The van der Waals surface area contributed by atoms with Crippen LogP contribution in [-0.4, -0.2) is 54.7 Å². The Bertz CT molecular complexity index is 759. The van der Waals surface area contributed by atoms with Gasteiger partial charge in [0.05, 0.1) is 0 Å². The lowest BCUT2D eigenvalue weighted by Crippen LogP contribution is -2.50. The Labute approximate surface area is 172 Å². The second-order valence-corrected chi connectivity index (χ2v) is 8.43. The zero-order chi connectivity index (χ0) is 19.9. The molecule has 152 valence electrons. The first-order valence-electron chi connectivity index (χ1n) is 10.2. The van der Waals surface area contributed by atoms with Crippen LogP contribution in [0.1, 0.15) is 42.7 Å². The number of ether oxygens (including phenoxy) is 1. The number of piperidine rings is 1. The highest BCUT2D eigenvalue weighted by Crippen LogP contribution is 2.24. The van der Waals surface area contributed by atoms with Crippen LogP contribution in [0.2, 0.25) is 0 Å². The predicted octanol–water partition coefficient (Wildman–Crippen LogP) is 3.99. The number of hydrogen-bond donors (Lipinski definition) is 1. The van der Waals surface area contributed by atoms with E-state index in [4.69, 9.17) is 4.74 Å². The number of aromatic nitrogens is 1. The van der Waals surface area contributed by atoms with Gasteiger partial charge in [-0.2, -0.15) is 0 Å². The van der Waals surface area contributed by atoms with Crippen molar-refractivity contribution in [3.05, 3.63) is 40.9 Å². The van der Waals surface area contributed by atoms with Gasteiger partial charge in [-0.05, 0) is 44.7 Å². The van der Waals surface area contributed by atoms with Crippen molar-refractivity contribution in [2.45, 2.75) is 39.7 Å². The molecule has 3 rings (SSSR count). The molecule has 1 fully saturated rings. The topological polar surface area (TPSA) is 54.5 Å². The molecule has 0 bridgehead atoms. The summed E-state index contributed by atoms with van der Waals surface area (Å²) in [5.41, 5.74) is 2.80. The lowest BCUT2D eigenvalue weighted by Gasteiger charge is -2.37. The summed E-state index contributed by atoms with van der Waals surface area (Å²) in [4.78, 5) is 19.7. The molecular weight excluding hydrogens is 370 g/mol. The van der Waals surface area contributed by atoms with Gasteiger partial charge in [-0.25, -0.2) is 4.98 Å². The van der Waals surface area contributed by atoms with E-state index in [-0.39, 0.29) is 11.9 Å². The standard InChI is InChI=1S/C22H31N3O2S/c1-4-27-13-5-11-25-12-10-20(16(2)14-25)24-21(26)18-6-8-19(9-7-18)22-23-17(3)15-28-22/h6-9,15-16,20H,4-5,10-14H2,1-3H3,(H,24,26). The molecule has 1 N–H and O–H groups in total. The number of aryl methyl sites for hydroxylation is 1. The molecule has 2 atom stereocenters. The largest absolute Gasteiger partial charge is 0.382 e. The molecule has 0 aliphatic carbocycles. The maximum atomic E-state index is 12.7. The smallest absolute Gasteiger partial charge is 0.251 e. The lowest BCUT2D eigenvalue weighted by molar-refractivity contribution is 0.0843. The monoisotopic (exact) mass is 401 g/mol. The maximum absolute atomic E-state index is 12.7. The van der Waals surface area contributed by atoms with E-state index in [1.54, 1.807) is 11.3 Å². The molecule has 28 heavy (non-hydrogen) atoms. The number of rotatable bonds is 8. The van der Waals surface area contributed by atoms with Gasteiger partial charge in [0.25, 0.3) is 5.91 Å². The lowest BCUT2D eigenvalue weighted by atomic mass is 9.93. The summed E-state index contributed by atoms with van der Waals surface area (Å²) < 4.78 is 5.42. The van der Waals surface area contributed by atoms with Crippen molar-refractivity contribution < 1.29 is 9.53 Å². The summed E-state index contributed by atoms with van der Waals surface area (Å²) in [7, 11) is 0. The van der Waals surface area contributed by atoms with Crippen molar-refractivity contribution in [1.82, 2.24) is 15.2 Å². The number of amides is 1. The van der Waals surface area contributed by atoms with Gasteiger partial charge in [0, 0.05) is 61.1 Å². The summed E-state index contributed by atoms with van der Waals surface area (Å²) in [6, 6.07) is 8.00. The first kappa shape index (κ1) is 21.0. The normalized spacial score (nSPS) is 20.2. The molecule has 0 radical (unpaired) electrons. The molecule has 1 aliphatic heterocycles. The number of thiazole rings is 1. The van der Waals surface area contributed by atoms with Crippen LogP contribution in [-0.2, 0) is 4.74 Å². The highest BCUT2D eigenvalue weighted by molar-refractivity contribution is 7.13. The average molecular weight is 402 g/mol. The second-order valence-electron chi connectivity index (χ2n) is 7.57. The molecular formula is C22H31N3O2S. The number of nitrogens with zero attached hydrogens (tertiary/aromatic N) is 2. The summed E-state index contributed by atoms with van der Waals surface area (Å²) in [6.45, 7) is 11.0. The van der Waals surface area contributed by atoms with E-state index in [1.807, 2.05) is 43.5 Å². The Morgan fingerprint density at radius 3 is 2.79 bits per heavy atom. The van der Waals surface area contributed by atoms with Crippen molar-refractivity contribution in [3.63, 3.8) is 0 Å². The molecule has 1 aromatic carbocycles. The van der Waals surface area contributed by atoms with Crippen LogP contribution in [0.5, 0.6) is 0 Å². The number of nitrogens with one attached hydrogen (secondary N) is 1. The van der Waals surface area contributed by atoms with Crippen molar-refractivity contribution in [2.75, 3.05) is 32.8 Å². The van der Waals surface area contributed by atoms with Crippen LogP contribution in [0.25, 0.3) is 10.6 Å². The minimum Gasteiger partial charge on any atom is -0.382 e. The highest BCUT2D eigenvalue weighted by atomic mass is 32.1. The Kier molecular flexibility index (Phi) is 7.59. The first-order chi connectivity index (χ1) is 13.6. The SMILES string of the molecule is CCOCCCN1CCC(NC(=O)c2ccc(-c3nc(C)cs3)cc2)C(C)C1. The molecule has 0 saturated carbocycles. The van der Waals surface area contributed by atoms with Gasteiger partial charge in [0.2, 0.25) is 0 Å². The van der Waals surface area contributed by atoms with Gasteiger partial charge in [-0.3, -0.25) is 4.79 Å². The summed E-state index contributed by atoms with van der Waals surface area (Å²) in [5, 5.41) is 6.28. The molecule has 6 heteroatoms. The molecule has 1 aliphatic rings. The van der Waals surface area contributed by atoms with E-state index in [9.17, 15) is 4.79 Å². The molecule has 1 saturated heterocycles. The number of carbonyl (C=O) groups is 1. The molecule has 5 nitrogen and oxygen atoms in total. The van der Waals surface area contributed by atoms with E-state index in [1.165, 1.54) is 0 Å². The molecule has 1 aromatic heterocycles. The van der Waals surface area contributed by atoms with Gasteiger partial charge in [0.15, 0.2) is 0 Å². The minimum absolute atomic E-state index is 0.0171. The minimum atomic E-state index is 0.0171. The highest BCUT2D eigenvalue weighted by Gasteiger charge is 2.27. The van der Waals surface area contributed by atoms with Gasteiger partial charge in [-0.1, -0.05) is 19.1 Å². The van der Waals surface area contributed by atoms with E-state index in [0.717, 1.165) is 62.0 Å². The van der Waals surface area contributed by atoms with Crippen LogP contribution < -0.4 is 5.32 Å². The quantitative estimate of drug-likeness (QED) is 0.680. The second kappa shape index (κ2) is 10.1. The third-order valence-corrected chi connectivity index (χ3v) is 6.30. The molecule has 0 spiro atoms. The Hall–Kier alpha value is -1.76. The first-order valence-corrected chi connectivity index (χ1v) is 11.1. The Morgan fingerprint density at radius 1 is 1.36 bits per heavy atom. The number of likely N-dealkylation sites (tertiary alicyclic amines) is 1. The van der Waals surface area contributed by atoms with Crippen molar-refractivity contribution in [3.8, 4) is 10.6 Å². The molecule has 2 heterocycles. The van der Waals surface area contributed by atoms with E-state index < -0.39 is 0 Å². The van der Waals surface area contributed by atoms with E-state index in [0.29, 0.717) is 11.5 Å². The molecule has 2 unspecified atom stereocenters. The van der Waals surface area contributed by atoms with Gasteiger partial charge in [0.1, 0.15) is 5.01 Å². The molecule has 1 amide bonds. The maximum Gasteiger partial charge on any atom is 0.251 e. The van der Waals surface area contributed by atoms with Crippen LogP contribution in [0.4, 0.5) is 0 Å². The molecule has 2 aromatic rings. The fourth-order valence-electron chi connectivity index (χ4n) is 3.69. The van der Waals surface area contributed by atoms with Gasteiger partial charge in [-0.15, -0.1) is 11.3 Å². The van der Waals surface area contributed by atoms with Crippen LogP contribution in [0.15, 0.2) is 29.6 Å². The van der Waals surface area contributed by atoms with Crippen LogP contribution >= 0.6 is 11.3 Å². The summed E-state index contributed by atoms with van der Waals surface area (Å²) in [6.07, 6.45) is 2.07. The summed E-state index contributed by atoms with van der Waals surface area (Å²) in [5.74, 6) is 0.464. The fourth-order valence-corrected chi connectivity index (χ4v) is 4.49. The number of benzene rings is 1. The fraction of sp³-hybridized carbons (Fsp3) is 0.545.